The second kappa shape index (κ2) is 6.62. The second-order valence-corrected chi connectivity index (χ2v) is 6.93. The number of nitrogens with zero attached hydrogens (tertiary/aromatic N) is 1. The van der Waals surface area contributed by atoms with Gasteiger partial charge in [-0.3, -0.25) is 9.59 Å². The minimum atomic E-state index is -0.776. The fourth-order valence-corrected chi connectivity index (χ4v) is 3.50. The molecule has 0 radical (unpaired) electrons. The van der Waals surface area contributed by atoms with Crippen LogP contribution in [0.5, 0.6) is 0 Å². The van der Waals surface area contributed by atoms with E-state index in [2.05, 4.69) is 4.98 Å². The van der Waals surface area contributed by atoms with Crippen LogP contribution in [0, 0.1) is 6.92 Å². The number of carbonyl (C=O) groups is 2. The number of ketones is 1. The highest BCUT2D eigenvalue weighted by atomic mass is 32.1. The molecule has 1 aliphatic rings. The average Bonchev–Trinajstić information content (AvgIpc) is 3.14. The van der Waals surface area contributed by atoms with Crippen LogP contribution >= 0.6 is 11.3 Å². The van der Waals surface area contributed by atoms with Crippen LogP contribution in [-0.4, -0.2) is 22.8 Å². The molecule has 1 aromatic heterocycles. The smallest absolute Gasteiger partial charge is 0.312 e. The Hall–Kier alpha value is -2.01. The number of benzene rings is 1. The van der Waals surface area contributed by atoms with Gasteiger partial charge in [-0.25, -0.2) is 4.98 Å². The maximum absolute atomic E-state index is 12.4. The predicted molar refractivity (Wildman–Crippen MR) is 88.9 cm³/mol. The van der Waals surface area contributed by atoms with Crippen molar-refractivity contribution in [2.75, 3.05) is 0 Å². The normalized spacial score (nSPS) is 14.3. The molecule has 0 aliphatic heterocycles. The number of rotatable bonds is 5. The lowest BCUT2D eigenvalue weighted by Crippen LogP contribution is -2.25. The van der Waals surface area contributed by atoms with Crippen LogP contribution in [0.25, 0.3) is 0 Å². The number of aromatic nitrogens is 1. The van der Waals surface area contributed by atoms with Gasteiger partial charge in [0.25, 0.3) is 0 Å². The van der Waals surface area contributed by atoms with Crippen molar-refractivity contribution in [3.8, 4) is 0 Å². The Kier molecular flexibility index (Phi) is 4.57. The van der Waals surface area contributed by atoms with Crippen molar-refractivity contribution in [1.82, 2.24) is 4.98 Å². The van der Waals surface area contributed by atoms with Crippen molar-refractivity contribution in [2.45, 2.75) is 45.6 Å². The SMILES string of the molecule is Cc1nc(CC(=O)OC(C)C(=O)c2ccc3c(c2)CCC3)cs1. The highest BCUT2D eigenvalue weighted by molar-refractivity contribution is 7.09. The summed E-state index contributed by atoms with van der Waals surface area (Å²) in [6.07, 6.45) is 2.58. The zero-order valence-corrected chi connectivity index (χ0v) is 14.1. The Morgan fingerprint density at radius 1 is 1.30 bits per heavy atom. The highest BCUT2D eigenvalue weighted by Crippen LogP contribution is 2.23. The fourth-order valence-electron chi connectivity index (χ4n) is 2.89. The van der Waals surface area contributed by atoms with E-state index in [1.165, 1.54) is 22.5 Å². The topological polar surface area (TPSA) is 56.3 Å². The summed E-state index contributed by atoms with van der Waals surface area (Å²) >= 11 is 1.49. The summed E-state index contributed by atoms with van der Waals surface area (Å²) < 4.78 is 5.28. The van der Waals surface area contributed by atoms with Crippen molar-refractivity contribution in [2.24, 2.45) is 0 Å². The van der Waals surface area contributed by atoms with Crippen molar-refractivity contribution >= 4 is 23.1 Å². The van der Waals surface area contributed by atoms with Crippen LogP contribution in [0.4, 0.5) is 0 Å². The molecule has 0 amide bonds. The summed E-state index contributed by atoms with van der Waals surface area (Å²) in [6, 6.07) is 5.79. The minimum Gasteiger partial charge on any atom is -0.454 e. The Labute approximate surface area is 139 Å². The van der Waals surface area contributed by atoms with Crippen LogP contribution in [0.1, 0.15) is 45.5 Å². The molecular weight excluding hydrogens is 310 g/mol. The molecule has 0 fully saturated rings. The molecule has 0 N–H and O–H groups in total. The number of ether oxygens (including phenoxy) is 1. The van der Waals surface area contributed by atoms with E-state index in [1.54, 1.807) is 6.92 Å². The molecule has 1 aromatic carbocycles. The lowest BCUT2D eigenvalue weighted by molar-refractivity contribution is -0.145. The lowest BCUT2D eigenvalue weighted by atomic mass is 10.0. The van der Waals surface area contributed by atoms with Gasteiger partial charge in [0.1, 0.15) is 0 Å². The molecule has 4 nitrogen and oxygen atoms in total. The zero-order valence-electron chi connectivity index (χ0n) is 13.3. The van der Waals surface area contributed by atoms with Gasteiger partial charge < -0.3 is 4.74 Å². The molecule has 0 bridgehead atoms. The summed E-state index contributed by atoms with van der Waals surface area (Å²) in [7, 11) is 0. The molecule has 1 unspecified atom stereocenters. The molecule has 1 atom stereocenters. The molecule has 1 heterocycles. The number of hydrogen-bond acceptors (Lipinski definition) is 5. The largest absolute Gasteiger partial charge is 0.454 e. The number of carbonyl (C=O) groups excluding carboxylic acids is 2. The number of fused-ring (bicyclic) bond motifs is 1. The number of esters is 1. The Balaban J connectivity index is 1.62. The van der Waals surface area contributed by atoms with E-state index in [4.69, 9.17) is 4.74 Å². The van der Waals surface area contributed by atoms with Crippen LogP contribution in [0.3, 0.4) is 0 Å². The average molecular weight is 329 g/mol. The third-order valence-corrected chi connectivity index (χ3v) is 4.87. The van der Waals surface area contributed by atoms with Gasteiger partial charge in [0.05, 0.1) is 17.1 Å². The number of aryl methyl sites for hydroxylation is 3. The summed E-state index contributed by atoms with van der Waals surface area (Å²) in [5.74, 6) is -0.570. The quantitative estimate of drug-likeness (QED) is 0.624. The molecule has 23 heavy (non-hydrogen) atoms. The standard InChI is InChI=1S/C18H19NO3S/c1-11(22-17(20)9-16-10-23-12(2)19-16)18(21)15-7-6-13-4-3-5-14(13)8-15/h6-8,10-11H,3-5,9H2,1-2H3. The minimum absolute atomic E-state index is 0.103. The lowest BCUT2D eigenvalue weighted by Gasteiger charge is -2.12. The molecule has 1 aliphatic carbocycles. The first-order chi connectivity index (χ1) is 11.0. The first kappa shape index (κ1) is 15.9. The first-order valence-corrected chi connectivity index (χ1v) is 8.67. The van der Waals surface area contributed by atoms with E-state index in [-0.39, 0.29) is 12.2 Å². The van der Waals surface area contributed by atoms with Crippen LogP contribution in [-0.2, 0) is 28.8 Å². The van der Waals surface area contributed by atoms with Crippen molar-refractivity contribution in [1.29, 1.82) is 0 Å². The van der Waals surface area contributed by atoms with Gasteiger partial charge in [-0.2, -0.15) is 0 Å². The first-order valence-electron chi connectivity index (χ1n) is 7.79. The number of hydrogen-bond donors (Lipinski definition) is 0. The van der Waals surface area contributed by atoms with E-state index in [0.29, 0.717) is 11.3 Å². The van der Waals surface area contributed by atoms with Gasteiger partial charge in [0, 0.05) is 10.9 Å². The monoisotopic (exact) mass is 329 g/mol. The Morgan fingerprint density at radius 2 is 2.09 bits per heavy atom. The fraction of sp³-hybridized carbons (Fsp3) is 0.389. The van der Waals surface area contributed by atoms with E-state index in [0.717, 1.165) is 24.3 Å². The van der Waals surface area contributed by atoms with Gasteiger partial charge in [-0.1, -0.05) is 12.1 Å². The van der Waals surface area contributed by atoms with E-state index in [9.17, 15) is 9.59 Å². The van der Waals surface area contributed by atoms with E-state index < -0.39 is 12.1 Å². The number of Topliss-reactive ketones (excluding diaryl/α,β-unsaturated/α-hetero) is 1. The molecule has 0 spiro atoms. The predicted octanol–water partition coefficient (Wildman–Crippen LogP) is 3.30. The molecule has 3 rings (SSSR count). The van der Waals surface area contributed by atoms with Crippen LogP contribution in [0.2, 0.25) is 0 Å². The number of thiazole rings is 1. The third-order valence-electron chi connectivity index (χ3n) is 4.05. The molecule has 120 valence electrons. The van der Waals surface area contributed by atoms with Gasteiger partial charge in [0.2, 0.25) is 5.78 Å². The van der Waals surface area contributed by atoms with Gasteiger partial charge >= 0.3 is 5.97 Å². The van der Waals surface area contributed by atoms with Gasteiger partial charge in [-0.05, 0) is 50.3 Å². The third kappa shape index (κ3) is 3.67. The van der Waals surface area contributed by atoms with Gasteiger partial charge in [0.15, 0.2) is 6.10 Å². The van der Waals surface area contributed by atoms with Crippen molar-refractivity contribution in [3.63, 3.8) is 0 Å². The zero-order chi connectivity index (χ0) is 16.4. The summed E-state index contributed by atoms with van der Waals surface area (Å²) in [5.41, 5.74) is 3.88. The summed E-state index contributed by atoms with van der Waals surface area (Å²) in [4.78, 5) is 28.6. The van der Waals surface area contributed by atoms with E-state index in [1.807, 2.05) is 30.5 Å². The molecule has 0 saturated carbocycles. The highest BCUT2D eigenvalue weighted by Gasteiger charge is 2.22. The summed E-state index contributed by atoms with van der Waals surface area (Å²) in [5, 5.41) is 2.75. The van der Waals surface area contributed by atoms with Crippen LogP contribution < -0.4 is 0 Å². The van der Waals surface area contributed by atoms with Crippen LogP contribution in [0.15, 0.2) is 23.6 Å². The van der Waals surface area contributed by atoms with E-state index >= 15 is 0 Å². The summed E-state index contributed by atoms with van der Waals surface area (Å²) in [6.45, 7) is 3.51. The molecule has 2 aromatic rings. The van der Waals surface area contributed by atoms with Crippen molar-refractivity contribution < 1.29 is 14.3 Å². The van der Waals surface area contributed by atoms with Gasteiger partial charge in [-0.15, -0.1) is 11.3 Å². The molecule has 0 saturated heterocycles. The Bertz CT molecular complexity index is 750. The Morgan fingerprint density at radius 3 is 2.83 bits per heavy atom. The molecular formula is C18H19NO3S. The second-order valence-electron chi connectivity index (χ2n) is 5.87. The maximum atomic E-state index is 12.4. The molecule has 5 heteroatoms. The van der Waals surface area contributed by atoms with Crippen molar-refractivity contribution in [3.05, 3.63) is 51.0 Å². The maximum Gasteiger partial charge on any atom is 0.312 e.